The van der Waals surface area contributed by atoms with Crippen LogP contribution in [0.5, 0.6) is 0 Å². The molecule has 6 heteroatoms. The van der Waals surface area contributed by atoms with Crippen molar-refractivity contribution < 1.29 is 9.90 Å². The molecule has 0 heterocycles. The summed E-state index contributed by atoms with van der Waals surface area (Å²) in [6.45, 7) is 4.05. The zero-order valence-corrected chi connectivity index (χ0v) is 10.4. The summed E-state index contributed by atoms with van der Waals surface area (Å²) in [5, 5.41) is 15.6. The predicted molar refractivity (Wildman–Crippen MR) is 68.2 cm³/mol. The first-order chi connectivity index (χ1) is 8.50. The van der Waals surface area contributed by atoms with E-state index in [0.717, 1.165) is 5.56 Å². The van der Waals surface area contributed by atoms with E-state index in [2.05, 4.69) is 15.3 Å². The molecule has 0 spiro atoms. The molecule has 96 valence electrons. The van der Waals surface area contributed by atoms with Crippen molar-refractivity contribution in [3.8, 4) is 0 Å². The molecule has 0 aliphatic carbocycles. The lowest BCUT2D eigenvalue weighted by Gasteiger charge is -2.26. The first-order valence-corrected chi connectivity index (χ1v) is 5.57. The molecule has 0 aromatic heterocycles. The highest BCUT2D eigenvalue weighted by Gasteiger charge is 2.34. The number of benzene rings is 1. The van der Waals surface area contributed by atoms with Gasteiger partial charge in [-0.1, -0.05) is 34.9 Å². The molecule has 1 aromatic carbocycles. The van der Waals surface area contributed by atoms with Gasteiger partial charge in [-0.25, -0.2) is 4.79 Å². The molecule has 0 amide bonds. The molecule has 0 saturated heterocycles. The van der Waals surface area contributed by atoms with Crippen LogP contribution < -0.4 is 5.32 Å². The van der Waals surface area contributed by atoms with Gasteiger partial charge in [0.2, 0.25) is 0 Å². The van der Waals surface area contributed by atoms with Crippen LogP contribution in [0.15, 0.2) is 29.4 Å². The minimum atomic E-state index is -1.18. The quantitative estimate of drug-likeness (QED) is 0.349. The smallest absolute Gasteiger partial charge is 0.328 e. The van der Waals surface area contributed by atoms with Crippen LogP contribution in [0.1, 0.15) is 18.1 Å². The lowest BCUT2D eigenvalue weighted by molar-refractivity contribution is -0.144. The average molecular weight is 248 g/mol. The van der Waals surface area contributed by atoms with E-state index in [0.29, 0.717) is 12.1 Å². The summed E-state index contributed by atoms with van der Waals surface area (Å²) in [6.07, 6.45) is 0. The molecule has 0 aliphatic heterocycles. The highest BCUT2D eigenvalue weighted by atomic mass is 16.4. The number of nitrogens with zero attached hydrogens (tertiary/aromatic N) is 3. The molecule has 0 bridgehead atoms. The number of hydrogen-bond acceptors (Lipinski definition) is 3. The number of carbonyl (C=O) groups is 1. The summed E-state index contributed by atoms with van der Waals surface area (Å²) in [6, 6.07) is 7.30. The number of aryl methyl sites for hydroxylation is 1. The number of nitrogens with one attached hydrogen (secondary N) is 1. The lowest BCUT2D eigenvalue weighted by Crippen LogP contribution is -2.47. The van der Waals surface area contributed by atoms with Crippen molar-refractivity contribution in [3.63, 3.8) is 0 Å². The number of rotatable bonds is 6. The standard InChI is InChI=1S/C12H16N4O2/c1-9-3-5-10(6-4-9)12(2,11(17)18)14-7-8-15-16-13/h3-6,14H,7-8H2,1-2H3,(H,17,18). The summed E-state index contributed by atoms with van der Waals surface area (Å²) in [5.74, 6) is -0.965. The topological polar surface area (TPSA) is 98.1 Å². The van der Waals surface area contributed by atoms with Crippen molar-refractivity contribution in [2.24, 2.45) is 5.11 Å². The van der Waals surface area contributed by atoms with Crippen molar-refractivity contribution in [3.05, 3.63) is 45.8 Å². The Morgan fingerprint density at radius 3 is 2.61 bits per heavy atom. The molecule has 1 unspecified atom stereocenters. The van der Waals surface area contributed by atoms with Gasteiger partial charge in [-0.3, -0.25) is 5.32 Å². The second kappa shape index (κ2) is 6.05. The van der Waals surface area contributed by atoms with E-state index in [4.69, 9.17) is 5.53 Å². The highest BCUT2D eigenvalue weighted by Crippen LogP contribution is 2.21. The zero-order chi connectivity index (χ0) is 13.6. The maximum absolute atomic E-state index is 11.4. The zero-order valence-electron chi connectivity index (χ0n) is 10.4. The Balaban J connectivity index is 2.89. The molecule has 0 saturated carbocycles. The molecule has 0 radical (unpaired) electrons. The SMILES string of the molecule is Cc1ccc(C(C)(NCCN=[N+]=[N-])C(=O)O)cc1. The minimum Gasteiger partial charge on any atom is -0.480 e. The third-order valence-corrected chi connectivity index (χ3v) is 2.81. The van der Waals surface area contributed by atoms with Crippen molar-refractivity contribution in [1.82, 2.24) is 5.32 Å². The fraction of sp³-hybridized carbons (Fsp3) is 0.417. The molecule has 1 rings (SSSR count). The van der Waals surface area contributed by atoms with Crippen molar-refractivity contribution >= 4 is 5.97 Å². The molecular weight excluding hydrogens is 232 g/mol. The van der Waals surface area contributed by atoms with Crippen LogP contribution in [-0.2, 0) is 10.3 Å². The Morgan fingerprint density at radius 2 is 2.11 bits per heavy atom. The summed E-state index contributed by atoms with van der Waals surface area (Å²) in [4.78, 5) is 14.0. The summed E-state index contributed by atoms with van der Waals surface area (Å²) < 4.78 is 0. The molecule has 1 aromatic rings. The van der Waals surface area contributed by atoms with Crippen molar-refractivity contribution in [2.45, 2.75) is 19.4 Å². The van der Waals surface area contributed by atoms with E-state index >= 15 is 0 Å². The Morgan fingerprint density at radius 1 is 1.50 bits per heavy atom. The Bertz CT molecular complexity index is 465. The van der Waals surface area contributed by atoms with Gasteiger partial charge in [0.05, 0.1) is 0 Å². The predicted octanol–water partition coefficient (Wildman–Crippen LogP) is 2.19. The maximum Gasteiger partial charge on any atom is 0.328 e. The number of hydrogen-bond donors (Lipinski definition) is 2. The van der Waals surface area contributed by atoms with Gasteiger partial charge in [-0.05, 0) is 24.9 Å². The van der Waals surface area contributed by atoms with Crippen LogP contribution in [0.4, 0.5) is 0 Å². The van der Waals surface area contributed by atoms with Crippen LogP contribution in [0.2, 0.25) is 0 Å². The minimum absolute atomic E-state index is 0.214. The Kier molecular flexibility index (Phi) is 4.71. The Hall–Kier alpha value is -2.04. The molecule has 18 heavy (non-hydrogen) atoms. The first kappa shape index (κ1) is 14.0. The average Bonchev–Trinajstić information content (AvgIpc) is 2.35. The van der Waals surface area contributed by atoms with Gasteiger partial charge >= 0.3 is 5.97 Å². The van der Waals surface area contributed by atoms with Gasteiger partial charge < -0.3 is 5.11 Å². The van der Waals surface area contributed by atoms with Gasteiger partial charge in [0, 0.05) is 18.0 Å². The van der Waals surface area contributed by atoms with Gasteiger partial charge in [0.15, 0.2) is 0 Å². The van der Waals surface area contributed by atoms with E-state index in [9.17, 15) is 9.90 Å². The van der Waals surface area contributed by atoms with Crippen LogP contribution in [0.25, 0.3) is 10.4 Å². The molecule has 2 N–H and O–H groups in total. The van der Waals surface area contributed by atoms with Gasteiger partial charge in [0.1, 0.15) is 5.54 Å². The van der Waals surface area contributed by atoms with E-state index in [1.807, 2.05) is 19.1 Å². The molecule has 1 atom stereocenters. The largest absolute Gasteiger partial charge is 0.480 e. The molecule has 0 fully saturated rings. The van der Waals surface area contributed by atoms with Gasteiger partial charge in [-0.15, -0.1) is 0 Å². The van der Waals surface area contributed by atoms with Crippen LogP contribution in [0.3, 0.4) is 0 Å². The van der Waals surface area contributed by atoms with Gasteiger partial charge in [-0.2, -0.15) is 0 Å². The number of carboxylic acid groups (broad SMARTS) is 1. The summed E-state index contributed by atoms with van der Waals surface area (Å²) in [5.41, 5.74) is 8.72. The number of carboxylic acids is 1. The summed E-state index contributed by atoms with van der Waals surface area (Å²) in [7, 11) is 0. The number of azide groups is 1. The third-order valence-electron chi connectivity index (χ3n) is 2.81. The monoisotopic (exact) mass is 248 g/mol. The van der Waals surface area contributed by atoms with E-state index < -0.39 is 11.5 Å². The van der Waals surface area contributed by atoms with E-state index in [-0.39, 0.29) is 6.54 Å². The van der Waals surface area contributed by atoms with E-state index in [1.165, 1.54) is 0 Å². The number of aliphatic carboxylic acids is 1. The van der Waals surface area contributed by atoms with Crippen LogP contribution in [0, 0.1) is 6.92 Å². The fourth-order valence-corrected chi connectivity index (χ4v) is 1.59. The highest BCUT2D eigenvalue weighted by molar-refractivity contribution is 5.80. The lowest BCUT2D eigenvalue weighted by atomic mass is 9.91. The molecular formula is C12H16N4O2. The van der Waals surface area contributed by atoms with Crippen LogP contribution in [-0.4, -0.2) is 24.2 Å². The van der Waals surface area contributed by atoms with Crippen LogP contribution >= 0.6 is 0 Å². The summed E-state index contributed by atoms with van der Waals surface area (Å²) >= 11 is 0. The maximum atomic E-state index is 11.4. The van der Waals surface area contributed by atoms with Gasteiger partial charge in [0.25, 0.3) is 0 Å². The second-order valence-corrected chi connectivity index (χ2v) is 4.18. The Labute approximate surface area is 105 Å². The van der Waals surface area contributed by atoms with Crippen molar-refractivity contribution in [1.29, 1.82) is 0 Å². The fourth-order valence-electron chi connectivity index (χ4n) is 1.59. The van der Waals surface area contributed by atoms with Crippen molar-refractivity contribution in [2.75, 3.05) is 13.1 Å². The third kappa shape index (κ3) is 3.23. The van der Waals surface area contributed by atoms with E-state index in [1.54, 1.807) is 19.1 Å². The normalized spacial score (nSPS) is 13.4. The molecule has 6 nitrogen and oxygen atoms in total. The second-order valence-electron chi connectivity index (χ2n) is 4.18. The first-order valence-electron chi connectivity index (χ1n) is 5.57. The molecule has 0 aliphatic rings.